The number of fused-ring (bicyclic) bond motifs is 3. The SMILES string of the molecule is CC.CN1CCCc2[nH]c3ccc(F)cc3c2C1. The number of aryl methyl sites for hydroxylation is 1. The summed E-state index contributed by atoms with van der Waals surface area (Å²) in [7, 11) is 2.12. The van der Waals surface area contributed by atoms with E-state index in [4.69, 9.17) is 0 Å². The minimum Gasteiger partial charge on any atom is -0.358 e. The number of benzene rings is 1. The van der Waals surface area contributed by atoms with E-state index in [0.29, 0.717) is 0 Å². The first kappa shape index (κ1) is 13.1. The summed E-state index contributed by atoms with van der Waals surface area (Å²) in [6.45, 7) is 6.03. The van der Waals surface area contributed by atoms with Crippen molar-refractivity contribution in [2.75, 3.05) is 13.6 Å². The van der Waals surface area contributed by atoms with Crippen molar-refractivity contribution < 1.29 is 4.39 Å². The fourth-order valence-corrected chi connectivity index (χ4v) is 2.54. The molecule has 2 nitrogen and oxygen atoms in total. The Morgan fingerprint density at radius 1 is 1.28 bits per heavy atom. The summed E-state index contributed by atoms with van der Waals surface area (Å²) in [6.07, 6.45) is 2.23. The number of rotatable bonds is 0. The maximum absolute atomic E-state index is 13.3. The predicted molar refractivity (Wildman–Crippen MR) is 74.3 cm³/mol. The number of H-pyrrole nitrogens is 1. The molecular formula is C15H21FN2. The lowest BCUT2D eigenvalue weighted by Gasteiger charge is -2.12. The van der Waals surface area contributed by atoms with E-state index < -0.39 is 0 Å². The van der Waals surface area contributed by atoms with Gasteiger partial charge in [0.15, 0.2) is 0 Å². The molecule has 0 aliphatic carbocycles. The second-order valence-corrected chi connectivity index (χ2v) is 4.61. The van der Waals surface area contributed by atoms with Crippen LogP contribution in [-0.4, -0.2) is 23.5 Å². The van der Waals surface area contributed by atoms with Crippen molar-refractivity contribution in [2.45, 2.75) is 33.2 Å². The van der Waals surface area contributed by atoms with E-state index >= 15 is 0 Å². The van der Waals surface area contributed by atoms with Crippen LogP contribution < -0.4 is 0 Å². The molecule has 0 spiro atoms. The summed E-state index contributed by atoms with van der Waals surface area (Å²) in [6, 6.07) is 4.99. The molecule has 98 valence electrons. The van der Waals surface area contributed by atoms with Crippen LogP contribution in [0.4, 0.5) is 4.39 Å². The lowest BCUT2D eigenvalue weighted by atomic mass is 10.1. The molecule has 2 heterocycles. The van der Waals surface area contributed by atoms with Gasteiger partial charge >= 0.3 is 0 Å². The summed E-state index contributed by atoms with van der Waals surface area (Å²) >= 11 is 0. The van der Waals surface area contributed by atoms with Crippen molar-refractivity contribution >= 4 is 10.9 Å². The lowest BCUT2D eigenvalue weighted by Crippen LogP contribution is -2.17. The van der Waals surface area contributed by atoms with E-state index in [1.54, 1.807) is 6.07 Å². The van der Waals surface area contributed by atoms with E-state index in [-0.39, 0.29) is 5.82 Å². The minimum absolute atomic E-state index is 0.152. The van der Waals surface area contributed by atoms with Crippen molar-refractivity contribution in [1.29, 1.82) is 0 Å². The van der Waals surface area contributed by atoms with Crippen molar-refractivity contribution in [1.82, 2.24) is 9.88 Å². The molecule has 3 rings (SSSR count). The zero-order valence-corrected chi connectivity index (χ0v) is 11.4. The first-order valence-electron chi connectivity index (χ1n) is 6.71. The van der Waals surface area contributed by atoms with Gasteiger partial charge in [0.05, 0.1) is 0 Å². The van der Waals surface area contributed by atoms with Gasteiger partial charge in [-0.3, -0.25) is 0 Å². The van der Waals surface area contributed by atoms with Crippen LogP contribution in [0.2, 0.25) is 0 Å². The largest absolute Gasteiger partial charge is 0.358 e. The minimum atomic E-state index is -0.152. The molecule has 0 unspecified atom stereocenters. The summed E-state index contributed by atoms with van der Waals surface area (Å²) in [5.41, 5.74) is 3.61. The van der Waals surface area contributed by atoms with Gasteiger partial charge in [0.1, 0.15) is 5.82 Å². The first-order valence-corrected chi connectivity index (χ1v) is 6.71. The average Bonchev–Trinajstić information content (AvgIpc) is 2.59. The van der Waals surface area contributed by atoms with Gasteiger partial charge < -0.3 is 9.88 Å². The van der Waals surface area contributed by atoms with Gasteiger partial charge in [0.2, 0.25) is 0 Å². The molecule has 0 bridgehead atoms. The molecule has 0 fully saturated rings. The molecule has 1 aromatic heterocycles. The second-order valence-electron chi connectivity index (χ2n) is 4.61. The van der Waals surface area contributed by atoms with Crippen LogP contribution in [0.1, 0.15) is 31.5 Å². The third kappa shape index (κ3) is 2.41. The second kappa shape index (κ2) is 5.53. The highest BCUT2D eigenvalue weighted by Crippen LogP contribution is 2.27. The predicted octanol–water partition coefficient (Wildman–Crippen LogP) is 3.71. The van der Waals surface area contributed by atoms with E-state index in [1.807, 2.05) is 19.9 Å². The summed E-state index contributed by atoms with van der Waals surface area (Å²) in [5.74, 6) is -0.152. The van der Waals surface area contributed by atoms with Crippen molar-refractivity contribution in [3.8, 4) is 0 Å². The Bertz CT molecular complexity index is 531. The van der Waals surface area contributed by atoms with E-state index in [9.17, 15) is 4.39 Å². The number of aromatic amines is 1. The Morgan fingerprint density at radius 3 is 2.83 bits per heavy atom. The molecule has 0 saturated carbocycles. The molecule has 18 heavy (non-hydrogen) atoms. The Kier molecular flexibility index (Phi) is 4.02. The third-order valence-electron chi connectivity index (χ3n) is 3.35. The zero-order valence-electron chi connectivity index (χ0n) is 11.4. The number of aromatic nitrogens is 1. The van der Waals surface area contributed by atoms with Crippen LogP contribution in [-0.2, 0) is 13.0 Å². The van der Waals surface area contributed by atoms with Crippen LogP contribution in [0.3, 0.4) is 0 Å². The number of hydrogen-bond donors (Lipinski definition) is 1. The highest BCUT2D eigenvalue weighted by molar-refractivity contribution is 5.84. The van der Waals surface area contributed by atoms with Crippen LogP contribution in [0, 0.1) is 5.82 Å². The first-order chi connectivity index (χ1) is 8.74. The van der Waals surface area contributed by atoms with Gasteiger partial charge in [0.25, 0.3) is 0 Å². The van der Waals surface area contributed by atoms with Gasteiger partial charge in [-0.1, -0.05) is 13.8 Å². The molecule has 1 aliphatic heterocycles. The molecule has 0 atom stereocenters. The molecule has 1 aliphatic rings. The number of hydrogen-bond acceptors (Lipinski definition) is 1. The van der Waals surface area contributed by atoms with Crippen molar-refractivity contribution in [2.24, 2.45) is 0 Å². The maximum Gasteiger partial charge on any atom is 0.123 e. The lowest BCUT2D eigenvalue weighted by molar-refractivity contribution is 0.333. The highest BCUT2D eigenvalue weighted by atomic mass is 19.1. The Hall–Kier alpha value is -1.35. The van der Waals surface area contributed by atoms with Gasteiger partial charge in [-0.2, -0.15) is 0 Å². The monoisotopic (exact) mass is 248 g/mol. The molecule has 0 saturated heterocycles. The normalized spacial score (nSPS) is 15.8. The Balaban J connectivity index is 0.000000574. The third-order valence-corrected chi connectivity index (χ3v) is 3.35. The molecule has 2 aromatic rings. The van der Waals surface area contributed by atoms with Gasteiger partial charge in [-0.05, 0) is 50.2 Å². The van der Waals surface area contributed by atoms with Crippen LogP contribution in [0.15, 0.2) is 18.2 Å². The fourth-order valence-electron chi connectivity index (χ4n) is 2.54. The maximum atomic E-state index is 13.3. The average molecular weight is 248 g/mol. The smallest absolute Gasteiger partial charge is 0.123 e. The number of halogens is 1. The molecule has 1 N–H and O–H groups in total. The summed E-state index contributed by atoms with van der Waals surface area (Å²) in [5, 5.41) is 1.05. The van der Waals surface area contributed by atoms with Crippen molar-refractivity contribution in [3.63, 3.8) is 0 Å². The van der Waals surface area contributed by atoms with Gasteiger partial charge in [-0.15, -0.1) is 0 Å². The number of nitrogens with zero attached hydrogens (tertiary/aromatic N) is 1. The Morgan fingerprint density at radius 2 is 2.06 bits per heavy atom. The molecule has 0 amide bonds. The molecular weight excluding hydrogens is 227 g/mol. The van der Waals surface area contributed by atoms with Gasteiger partial charge in [-0.25, -0.2) is 4.39 Å². The molecule has 3 heteroatoms. The van der Waals surface area contributed by atoms with E-state index in [2.05, 4.69) is 16.9 Å². The van der Waals surface area contributed by atoms with Crippen LogP contribution >= 0.6 is 0 Å². The molecule has 0 radical (unpaired) electrons. The van der Waals surface area contributed by atoms with Crippen LogP contribution in [0.25, 0.3) is 10.9 Å². The Labute approximate surface area is 108 Å². The van der Waals surface area contributed by atoms with E-state index in [0.717, 1.165) is 30.4 Å². The quantitative estimate of drug-likeness (QED) is 0.753. The summed E-state index contributed by atoms with van der Waals surface area (Å²) in [4.78, 5) is 5.71. The van der Waals surface area contributed by atoms with Crippen molar-refractivity contribution in [3.05, 3.63) is 35.3 Å². The number of nitrogens with one attached hydrogen (secondary N) is 1. The van der Waals surface area contributed by atoms with E-state index in [1.165, 1.54) is 23.7 Å². The van der Waals surface area contributed by atoms with Gasteiger partial charge in [0, 0.05) is 23.1 Å². The fraction of sp³-hybridized carbons (Fsp3) is 0.467. The topological polar surface area (TPSA) is 19.0 Å². The molecule has 1 aromatic carbocycles. The summed E-state index contributed by atoms with van der Waals surface area (Å²) < 4.78 is 13.3. The highest BCUT2D eigenvalue weighted by Gasteiger charge is 2.16. The zero-order chi connectivity index (χ0) is 13.1. The standard InChI is InChI=1S/C13H15FN2.C2H6/c1-16-6-2-3-12-11(8-16)10-7-9(14)4-5-13(10)15-12;1-2/h4-5,7,15H,2-3,6,8H2,1H3;1-2H3. The van der Waals surface area contributed by atoms with Crippen LogP contribution in [0.5, 0.6) is 0 Å².